The van der Waals surface area contributed by atoms with Crippen LogP contribution in [0.25, 0.3) is 11.0 Å². The number of fused-ring (bicyclic) bond motifs is 1. The van der Waals surface area contributed by atoms with Crippen molar-refractivity contribution >= 4 is 11.0 Å². The molecule has 1 N–H and O–H groups in total. The van der Waals surface area contributed by atoms with E-state index in [2.05, 4.69) is 12.1 Å². The molecule has 0 fully saturated rings. The maximum Gasteiger partial charge on any atom is 0.343 e. The van der Waals surface area contributed by atoms with Gasteiger partial charge in [-0.2, -0.15) is 0 Å². The zero-order chi connectivity index (χ0) is 20.1. The highest BCUT2D eigenvalue weighted by atomic mass is 16.5. The summed E-state index contributed by atoms with van der Waals surface area (Å²) in [4.78, 5) is 12.3. The number of aromatic hydroxyl groups is 1. The first kappa shape index (κ1) is 18.8. The molecule has 0 amide bonds. The average Bonchev–Trinajstić information content (AvgIpc) is 2.75. The van der Waals surface area contributed by atoms with E-state index in [-0.39, 0.29) is 5.75 Å². The normalized spacial score (nSPS) is 10.9. The highest BCUT2D eigenvalue weighted by Crippen LogP contribution is 2.28. The maximum absolute atomic E-state index is 12.3. The van der Waals surface area contributed by atoms with E-state index in [1.165, 1.54) is 5.56 Å². The number of benzene rings is 3. The summed E-state index contributed by atoms with van der Waals surface area (Å²) in [6.45, 7) is 0.453. The standard InChI is InChI=1S/C25H22O4/c26-24-21(12-7-15-28-20-10-5-2-6-11-20)25(27)29-23-14-13-19(17-22(23)24)16-18-8-3-1-4-9-18/h1-6,8-11,13-14,17,26H,7,12,15-16H2. The van der Waals surface area contributed by atoms with Crippen molar-refractivity contribution < 1.29 is 14.3 Å². The molecule has 4 nitrogen and oxygen atoms in total. The smallest absolute Gasteiger partial charge is 0.343 e. The summed E-state index contributed by atoms with van der Waals surface area (Å²) >= 11 is 0. The van der Waals surface area contributed by atoms with Gasteiger partial charge in [0.1, 0.15) is 17.1 Å². The molecule has 0 atom stereocenters. The minimum Gasteiger partial charge on any atom is -0.507 e. The molecular formula is C25H22O4. The minimum atomic E-state index is -0.495. The largest absolute Gasteiger partial charge is 0.507 e. The molecule has 3 aromatic carbocycles. The summed E-state index contributed by atoms with van der Waals surface area (Å²) in [5.74, 6) is 0.790. The van der Waals surface area contributed by atoms with E-state index in [0.717, 1.165) is 17.7 Å². The quantitative estimate of drug-likeness (QED) is 0.355. The second kappa shape index (κ2) is 8.65. The van der Waals surface area contributed by atoms with Crippen LogP contribution in [0.2, 0.25) is 0 Å². The Labute approximate surface area is 169 Å². The SMILES string of the molecule is O=c1oc2ccc(Cc3ccccc3)cc2c(O)c1CCCOc1ccccc1. The van der Waals surface area contributed by atoms with E-state index in [1.807, 2.05) is 60.7 Å². The fourth-order valence-corrected chi connectivity index (χ4v) is 3.39. The number of para-hydroxylation sites is 1. The minimum absolute atomic E-state index is 0.00544. The first-order valence-corrected chi connectivity index (χ1v) is 9.70. The Morgan fingerprint density at radius 3 is 2.34 bits per heavy atom. The fourth-order valence-electron chi connectivity index (χ4n) is 3.39. The molecule has 0 saturated heterocycles. The summed E-state index contributed by atoms with van der Waals surface area (Å²) in [5.41, 5.74) is 2.43. The molecule has 0 aliphatic heterocycles. The zero-order valence-corrected chi connectivity index (χ0v) is 16.0. The lowest BCUT2D eigenvalue weighted by atomic mass is 10.0. The molecule has 4 aromatic rings. The van der Waals surface area contributed by atoms with Gasteiger partial charge < -0.3 is 14.3 Å². The molecular weight excluding hydrogens is 364 g/mol. The van der Waals surface area contributed by atoms with Crippen LogP contribution in [-0.2, 0) is 12.8 Å². The van der Waals surface area contributed by atoms with E-state index in [9.17, 15) is 9.90 Å². The van der Waals surface area contributed by atoms with E-state index in [0.29, 0.717) is 36.0 Å². The number of hydrogen-bond acceptors (Lipinski definition) is 4. The van der Waals surface area contributed by atoms with Gasteiger partial charge in [-0.3, -0.25) is 0 Å². The fraction of sp³-hybridized carbons (Fsp3) is 0.160. The highest BCUT2D eigenvalue weighted by molar-refractivity contribution is 5.84. The Morgan fingerprint density at radius 2 is 1.59 bits per heavy atom. The van der Waals surface area contributed by atoms with Crippen molar-refractivity contribution in [2.24, 2.45) is 0 Å². The molecule has 0 bridgehead atoms. The van der Waals surface area contributed by atoms with Crippen molar-refractivity contribution in [3.8, 4) is 11.5 Å². The van der Waals surface area contributed by atoms with Crippen LogP contribution in [0.15, 0.2) is 88.1 Å². The van der Waals surface area contributed by atoms with Gasteiger partial charge in [-0.15, -0.1) is 0 Å². The van der Waals surface area contributed by atoms with Crippen molar-refractivity contribution in [2.75, 3.05) is 6.61 Å². The third kappa shape index (κ3) is 4.49. The third-order valence-electron chi connectivity index (χ3n) is 4.87. The van der Waals surface area contributed by atoms with Crippen LogP contribution in [0.1, 0.15) is 23.1 Å². The molecule has 146 valence electrons. The van der Waals surface area contributed by atoms with Crippen LogP contribution in [0.3, 0.4) is 0 Å². The van der Waals surface area contributed by atoms with E-state index >= 15 is 0 Å². The zero-order valence-electron chi connectivity index (χ0n) is 16.0. The van der Waals surface area contributed by atoms with Crippen molar-refractivity contribution in [1.82, 2.24) is 0 Å². The van der Waals surface area contributed by atoms with E-state index < -0.39 is 5.63 Å². The molecule has 4 rings (SSSR count). The van der Waals surface area contributed by atoms with Gasteiger partial charge >= 0.3 is 5.63 Å². The Bertz CT molecular complexity index is 1150. The van der Waals surface area contributed by atoms with Gasteiger partial charge in [0.25, 0.3) is 0 Å². The lowest BCUT2D eigenvalue weighted by Crippen LogP contribution is -2.10. The molecule has 1 aromatic heterocycles. The lowest BCUT2D eigenvalue weighted by molar-refractivity contribution is 0.309. The maximum atomic E-state index is 12.3. The Balaban J connectivity index is 1.51. The number of rotatable bonds is 7. The monoisotopic (exact) mass is 386 g/mol. The number of hydrogen-bond donors (Lipinski definition) is 1. The number of ether oxygens (including phenoxy) is 1. The van der Waals surface area contributed by atoms with Crippen LogP contribution >= 0.6 is 0 Å². The Morgan fingerprint density at radius 1 is 0.862 bits per heavy atom. The molecule has 0 saturated carbocycles. The summed E-state index contributed by atoms with van der Waals surface area (Å²) in [7, 11) is 0. The summed E-state index contributed by atoms with van der Waals surface area (Å²) in [5, 5.41) is 11.3. The molecule has 0 aliphatic carbocycles. The van der Waals surface area contributed by atoms with Crippen molar-refractivity contribution in [2.45, 2.75) is 19.3 Å². The lowest BCUT2D eigenvalue weighted by Gasteiger charge is -2.09. The van der Waals surface area contributed by atoms with Gasteiger partial charge in [0, 0.05) is 0 Å². The van der Waals surface area contributed by atoms with Gasteiger partial charge in [-0.25, -0.2) is 4.79 Å². The van der Waals surface area contributed by atoms with Crippen LogP contribution in [0, 0.1) is 0 Å². The Hall–Kier alpha value is -3.53. The van der Waals surface area contributed by atoms with Gasteiger partial charge in [-0.1, -0.05) is 54.6 Å². The van der Waals surface area contributed by atoms with Crippen LogP contribution in [0.5, 0.6) is 11.5 Å². The van der Waals surface area contributed by atoms with Gasteiger partial charge in [0.2, 0.25) is 0 Å². The van der Waals surface area contributed by atoms with E-state index in [4.69, 9.17) is 9.15 Å². The van der Waals surface area contributed by atoms with Crippen molar-refractivity contribution in [3.63, 3.8) is 0 Å². The molecule has 29 heavy (non-hydrogen) atoms. The van der Waals surface area contributed by atoms with Gasteiger partial charge in [-0.05, 0) is 54.7 Å². The average molecular weight is 386 g/mol. The highest BCUT2D eigenvalue weighted by Gasteiger charge is 2.14. The second-order valence-electron chi connectivity index (χ2n) is 6.97. The topological polar surface area (TPSA) is 59.7 Å². The van der Waals surface area contributed by atoms with E-state index in [1.54, 1.807) is 6.07 Å². The van der Waals surface area contributed by atoms with Crippen LogP contribution in [-0.4, -0.2) is 11.7 Å². The summed E-state index contributed by atoms with van der Waals surface area (Å²) < 4.78 is 11.1. The van der Waals surface area contributed by atoms with Crippen molar-refractivity contribution in [1.29, 1.82) is 0 Å². The predicted molar refractivity (Wildman–Crippen MR) is 114 cm³/mol. The summed E-state index contributed by atoms with van der Waals surface area (Å²) in [6.07, 6.45) is 1.73. The molecule has 0 spiro atoms. The second-order valence-corrected chi connectivity index (χ2v) is 6.97. The first-order chi connectivity index (χ1) is 14.2. The predicted octanol–water partition coefficient (Wildman–Crippen LogP) is 5.10. The summed E-state index contributed by atoms with van der Waals surface area (Å²) in [6, 6.07) is 25.2. The molecule has 0 radical (unpaired) electrons. The Kier molecular flexibility index (Phi) is 5.61. The van der Waals surface area contributed by atoms with Crippen molar-refractivity contribution in [3.05, 3.63) is 106 Å². The van der Waals surface area contributed by atoms with Crippen LogP contribution in [0.4, 0.5) is 0 Å². The van der Waals surface area contributed by atoms with Crippen LogP contribution < -0.4 is 10.4 Å². The van der Waals surface area contributed by atoms with Gasteiger partial charge in [0.05, 0.1) is 17.6 Å². The van der Waals surface area contributed by atoms with Gasteiger partial charge in [0.15, 0.2) is 0 Å². The molecule has 0 unspecified atom stereocenters. The third-order valence-corrected chi connectivity index (χ3v) is 4.87. The molecule has 4 heteroatoms. The first-order valence-electron chi connectivity index (χ1n) is 9.70. The molecule has 0 aliphatic rings. The molecule has 1 heterocycles.